The molecule has 0 spiro atoms. The van der Waals surface area contributed by atoms with Gasteiger partial charge in [0.15, 0.2) is 0 Å². The first-order chi connectivity index (χ1) is 47.9. The van der Waals surface area contributed by atoms with Crippen LogP contribution in [-0.4, -0.2) is 162 Å². The fraction of sp³-hybridized carbons (Fsp3) is 0.459. The van der Waals surface area contributed by atoms with E-state index in [0.29, 0.717) is 99.6 Å². The van der Waals surface area contributed by atoms with Crippen LogP contribution in [0.4, 0.5) is 0 Å². The number of likely N-dealkylation sites (tertiary alicyclic amines) is 1. The molecule has 0 unspecified atom stereocenters. The van der Waals surface area contributed by atoms with E-state index >= 15 is 14.4 Å². The van der Waals surface area contributed by atoms with Crippen molar-refractivity contribution in [2.45, 2.75) is 182 Å². The average Bonchev–Trinajstić information content (AvgIpc) is 1.79. The van der Waals surface area contributed by atoms with Crippen LogP contribution in [0, 0.1) is 0 Å². The van der Waals surface area contributed by atoms with Crippen molar-refractivity contribution in [1.82, 2.24) is 47.4 Å². The van der Waals surface area contributed by atoms with Crippen LogP contribution >= 0.6 is 0 Å². The third-order valence-electron chi connectivity index (χ3n) is 17.4. The molecule has 1 saturated heterocycles. The molecular weight excluding hydrogens is 1260 g/mol. The largest absolute Gasteiger partial charge is 0.480 e. The van der Waals surface area contributed by atoms with Crippen LogP contribution in [0.1, 0.15) is 118 Å². The maximum absolute atomic E-state index is 15.2. The quantitative estimate of drug-likeness (QED) is 0.0248. The summed E-state index contributed by atoms with van der Waals surface area (Å²) in [7, 11) is 0. The lowest BCUT2D eigenvalue weighted by atomic mass is 10.00. The van der Waals surface area contributed by atoms with Gasteiger partial charge >= 0.3 is 5.97 Å². The van der Waals surface area contributed by atoms with Crippen LogP contribution in [-0.2, 0) is 80.0 Å². The number of amides is 9. The van der Waals surface area contributed by atoms with Crippen molar-refractivity contribution in [2.75, 3.05) is 32.7 Å². The Morgan fingerprint density at radius 2 is 0.626 bits per heavy atom. The zero-order valence-corrected chi connectivity index (χ0v) is 56.5. The number of benzene rings is 5. The number of nitrogens with two attached hydrogens (primary N) is 5. The van der Waals surface area contributed by atoms with Crippen molar-refractivity contribution in [3.63, 3.8) is 0 Å². The molecule has 19 N–H and O–H groups in total. The van der Waals surface area contributed by atoms with E-state index in [2.05, 4.69) is 42.5 Å². The van der Waals surface area contributed by atoms with Crippen molar-refractivity contribution in [3.8, 4) is 0 Å². The summed E-state index contributed by atoms with van der Waals surface area (Å²) < 4.78 is 0. The van der Waals surface area contributed by atoms with E-state index < -0.39 is 120 Å². The normalized spacial score (nSPS) is 15.4. The molecule has 0 aliphatic carbocycles. The number of carboxylic acids is 1. The first-order valence-electron chi connectivity index (χ1n) is 34.6. The van der Waals surface area contributed by atoms with Gasteiger partial charge in [0.2, 0.25) is 53.2 Å². The van der Waals surface area contributed by atoms with Crippen LogP contribution in [0.5, 0.6) is 0 Å². The minimum Gasteiger partial charge on any atom is -0.480 e. The Bertz CT molecular complexity index is 3320. The topological polar surface area (TPSA) is 421 Å². The molecule has 9 amide bonds. The molecular formula is C74H102N14O11. The minimum atomic E-state index is -1.39. The summed E-state index contributed by atoms with van der Waals surface area (Å²) in [6.07, 6.45) is 5.00. The Labute approximate surface area is 580 Å². The summed E-state index contributed by atoms with van der Waals surface area (Å²) >= 11 is 0. The van der Waals surface area contributed by atoms with E-state index in [0.717, 1.165) is 5.56 Å². The lowest BCUT2D eigenvalue weighted by molar-refractivity contribution is -0.145. The molecule has 25 heteroatoms. The highest BCUT2D eigenvalue weighted by Crippen LogP contribution is 2.22. The van der Waals surface area contributed by atoms with Crippen molar-refractivity contribution < 1.29 is 53.1 Å². The Kier molecular flexibility index (Phi) is 34.2. The number of nitrogens with one attached hydrogen (secondary N) is 8. The number of rotatable bonds is 44. The van der Waals surface area contributed by atoms with Gasteiger partial charge < -0.3 is 81.2 Å². The SMILES string of the molecule is NCCCC[C@H](NC(=O)[C@@H]1CCCN1C(=O)[C@H](Cc1ccccc1)NC(=O)[C@H](CCCCN)NC(=O)[C@H](Cc1ccccc1)NC(=O)[C@H](Cc1ccccc1)NC(=O)[C@H](CCCCN)NC(=O)[C@H](Cc1ccccc1)NC(=O)[C@H](Cc1ccccc1)NC(=O)[C@@H](N)CCCCN)C(=O)O. The van der Waals surface area contributed by atoms with Gasteiger partial charge in [-0.3, -0.25) is 43.2 Å². The van der Waals surface area contributed by atoms with Gasteiger partial charge in [-0.1, -0.05) is 158 Å². The number of carbonyl (C=O) groups excluding carboxylic acids is 9. The van der Waals surface area contributed by atoms with Crippen LogP contribution in [0.15, 0.2) is 152 Å². The molecule has 1 aliphatic heterocycles. The predicted octanol–water partition coefficient (Wildman–Crippen LogP) is 2.00. The second-order valence-electron chi connectivity index (χ2n) is 25.2. The predicted molar refractivity (Wildman–Crippen MR) is 378 cm³/mol. The lowest BCUT2D eigenvalue weighted by Gasteiger charge is -2.31. The Balaban J connectivity index is 1.27. The van der Waals surface area contributed by atoms with E-state index in [-0.39, 0.29) is 77.4 Å². The number of hydrogen-bond donors (Lipinski definition) is 14. The summed E-state index contributed by atoms with van der Waals surface area (Å²) in [5.41, 5.74) is 32.9. The summed E-state index contributed by atoms with van der Waals surface area (Å²) in [6, 6.07) is 32.3. The molecule has 10 atom stereocenters. The maximum Gasteiger partial charge on any atom is 0.326 e. The number of aliphatic carboxylic acids is 1. The van der Waals surface area contributed by atoms with Crippen LogP contribution in [0.2, 0.25) is 0 Å². The standard InChI is InChI=1S/C74H102N14O11/c75-40-20-16-35-55(79)65(89)83-59(45-50-25-6-1-7-26-50)70(94)85-60(46-51-27-8-2-9-28-51)68(92)80-56(36-17-21-41-76)66(90)84-62(48-53-31-12-4-13-32-53)71(95)86-61(47-52-29-10-3-11-30-52)69(93)81-57(37-18-22-42-77)67(91)87-63(49-54-33-14-5-15-34-54)73(97)88-44-24-39-64(88)72(96)82-58(74(98)99)38-19-23-43-78/h1-15,25-34,55-64H,16-24,35-49,75-79H2,(H,80,92)(H,81,93)(H,82,96)(H,83,89)(H,84,90)(H,85,94)(H,86,95)(H,87,91)(H,98,99)/t55-,56-,57-,58-,59-,60-,61-,62-,63-,64-/m0/s1. The molecule has 1 heterocycles. The summed E-state index contributed by atoms with van der Waals surface area (Å²) in [5, 5.41) is 32.7. The lowest BCUT2D eigenvalue weighted by Crippen LogP contribution is -2.61. The van der Waals surface area contributed by atoms with Crippen molar-refractivity contribution in [3.05, 3.63) is 179 Å². The molecule has 0 bridgehead atoms. The summed E-state index contributed by atoms with van der Waals surface area (Å²) in [5.74, 6) is -7.49. The van der Waals surface area contributed by atoms with Gasteiger partial charge in [0, 0.05) is 38.6 Å². The second kappa shape index (κ2) is 43.1. The van der Waals surface area contributed by atoms with Crippen LogP contribution in [0.25, 0.3) is 0 Å². The number of hydrogen-bond acceptors (Lipinski definition) is 15. The van der Waals surface area contributed by atoms with Gasteiger partial charge in [0.05, 0.1) is 6.04 Å². The Morgan fingerprint density at radius 1 is 0.354 bits per heavy atom. The molecule has 6 rings (SSSR count). The third kappa shape index (κ3) is 27.1. The van der Waals surface area contributed by atoms with Gasteiger partial charge in [-0.05, 0) is 137 Å². The van der Waals surface area contributed by atoms with Crippen molar-refractivity contribution in [1.29, 1.82) is 0 Å². The summed E-state index contributed by atoms with van der Waals surface area (Å²) in [4.78, 5) is 146. The van der Waals surface area contributed by atoms with E-state index in [4.69, 9.17) is 28.7 Å². The van der Waals surface area contributed by atoms with E-state index in [1.807, 2.05) is 6.07 Å². The van der Waals surface area contributed by atoms with Crippen LogP contribution < -0.4 is 71.2 Å². The molecule has 0 saturated carbocycles. The first kappa shape index (κ1) is 78.6. The fourth-order valence-corrected chi connectivity index (χ4v) is 11.9. The van der Waals surface area contributed by atoms with Gasteiger partial charge in [-0.25, -0.2) is 4.79 Å². The van der Waals surface area contributed by atoms with Crippen LogP contribution in [0.3, 0.4) is 0 Å². The Hall–Kier alpha value is -9.40. The van der Waals surface area contributed by atoms with Gasteiger partial charge in [-0.2, -0.15) is 0 Å². The molecule has 1 fully saturated rings. The molecule has 534 valence electrons. The monoisotopic (exact) mass is 1360 g/mol. The highest BCUT2D eigenvalue weighted by molar-refractivity contribution is 5.99. The number of carbonyl (C=O) groups is 10. The molecule has 1 aliphatic rings. The van der Waals surface area contributed by atoms with Gasteiger partial charge in [0.25, 0.3) is 0 Å². The zero-order chi connectivity index (χ0) is 71.3. The highest BCUT2D eigenvalue weighted by Gasteiger charge is 2.41. The highest BCUT2D eigenvalue weighted by atomic mass is 16.4. The van der Waals surface area contributed by atoms with Crippen molar-refractivity contribution >= 4 is 59.1 Å². The number of nitrogens with zero attached hydrogens (tertiary/aromatic N) is 1. The minimum absolute atomic E-state index is 0.0105. The zero-order valence-electron chi connectivity index (χ0n) is 56.5. The van der Waals surface area contributed by atoms with E-state index in [1.54, 1.807) is 146 Å². The third-order valence-corrected chi connectivity index (χ3v) is 17.4. The van der Waals surface area contributed by atoms with Crippen molar-refractivity contribution in [2.24, 2.45) is 28.7 Å². The number of unbranched alkanes of at least 4 members (excludes halogenated alkanes) is 4. The average molecular weight is 1360 g/mol. The van der Waals surface area contributed by atoms with Gasteiger partial charge in [-0.15, -0.1) is 0 Å². The smallest absolute Gasteiger partial charge is 0.326 e. The molecule has 5 aromatic rings. The molecule has 25 nitrogen and oxygen atoms in total. The molecule has 5 aromatic carbocycles. The first-order valence-corrected chi connectivity index (χ1v) is 34.6. The van der Waals surface area contributed by atoms with Gasteiger partial charge in [0.1, 0.15) is 54.4 Å². The summed E-state index contributed by atoms with van der Waals surface area (Å²) in [6.45, 7) is 1.45. The second-order valence-corrected chi connectivity index (χ2v) is 25.2. The van der Waals surface area contributed by atoms with E-state index in [9.17, 15) is 38.7 Å². The Morgan fingerprint density at radius 3 is 0.949 bits per heavy atom. The molecule has 0 aromatic heterocycles. The fourth-order valence-electron chi connectivity index (χ4n) is 11.9. The molecule has 99 heavy (non-hydrogen) atoms. The maximum atomic E-state index is 15.2. The number of carboxylic acid groups (broad SMARTS) is 1. The molecule has 0 radical (unpaired) electrons. The van der Waals surface area contributed by atoms with E-state index in [1.165, 1.54) is 4.90 Å².